The van der Waals surface area contributed by atoms with E-state index in [9.17, 15) is 28.5 Å². The van der Waals surface area contributed by atoms with E-state index in [4.69, 9.17) is 5.11 Å². The van der Waals surface area contributed by atoms with E-state index in [2.05, 4.69) is 4.74 Å². The van der Waals surface area contributed by atoms with Crippen molar-refractivity contribution in [1.82, 2.24) is 0 Å². The van der Waals surface area contributed by atoms with Crippen LogP contribution in [0.2, 0.25) is 0 Å². The van der Waals surface area contributed by atoms with Gasteiger partial charge in [0.25, 0.3) is 5.69 Å². The molecule has 0 amide bonds. The summed E-state index contributed by atoms with van der Waals surface area (Å²) < 4.78 is 28.3. The lowest BCUT2D eigenvalue weighted by Gasteiger charge is -2.09. The topological polar surface area (TPSA) is 107 Å². The van der Waals surface area contributed by atoms with Gasteiger partial charge in [0.1, 0.15) is 11.3 Å². The predicted molar refractivity (Wildman–Crippen MR) is 56.5 cm³/mol. The van der Waals surface area contributed by atoms with Crippen LogP contribution in [0.1, 0.15) is 15.9 Å². The first kappa shape index (κ1) is 14.5. The van der Waals surface area contributed by atoms with Gasteiger partial charge in [-0.05, 0) is 11.6 Å². The van der Waals surface area contributed by atoms with Crippen LogP contribution in [0.15, 0.2) is 12.1 Å². The normalized spacial score (nSPS) is 10.3. The smallest absolute Gasteiger partial charge is 0.387 e. The third-order valence-electron chi connectivity index (χ3n) is 2.07. The number of rotatable bonds is 6. The van der Waals surface area contributed by atoms with Crippen molar-refractivity contribution in [3.05, 3.63) is 33.4 Å². The summed E-state index contributed by atoms with van der Waals surface area (Å²) >= 11 is 0. The summed E-state index contributed by atoms with van der Waals surface area (Å²) in [5, 5.41) is 19.3. The fourth-order valence-corrected chi connectivity index (χ4v) is 1.41. The van der Waals surface area contributed by atoms with Crippen LogP contribution in [-0.2, 0) is 11.2 Å². The van der Waals surface area contributed by atoms with E-state index < -0.39 is 40.9 Å². The predicted octanol–water partition coefficient (Wildman–Crippen LogP) is 1.64. The molecule has 19 heavy (non-hydrogen) atoms. The molecule has 0 atom stereocenters. The lowest BCUT2D eigenvalue weighted by atomic mass is 10.1. The molecular formula is C10H7F2NO6. The molecule has 0 unspecified atom stereocenters. The van der Waals surface area contributed by atoms with Gasteiger partial charge in [-0.1, -0.05) is 0 Å². The number of nitro groups is 1. The van der Waals surface area contributed by atoms with Gasteiger partial charge in [0.15, 0.2) is 6.29 Å². The van der Waals surface area contributed by atoms with Crippen LogP contribution >= 0.6 is 0 Å². The molecule has 1 rings (SSSR count). The average molecular weight is 275 g/mol. The Balaban J connectivity index is 3.39. The Kier molecular flexibility index (Phi) is 4.46. The van der Waals surface area contributed by atoms with Crippen molar-refractivity contribution in [3.63, 3.8) is 0 Å². The average Bonchev–Trinajstić information content (AvgIpc) is 2.26. The molecule has 0 spiro atoms. The highest BCUT2D eigenvalue weighted by atomic mass is 19.3. The molecule has 0 heterocycles. The molecule has 0 saturated carbocycles. The van der Waals surface area contributed by atoms with Gasteiger partial charge in [-0.15, -0.1) is 0 Å². The number of benzene rings is 1. The lowest BCUT2D eigenvalue weighted by molar-refractivity contribution is -0.385. The van der Waals surface area contributed by atoms with Crippen LogP contribution in [-0.4, -0.2) is 28.9 Å². The fourth-order valence-electron chi connectivity index (χ4n) is 1.41. The number of carboxylic acid groups (broad SMARTS) is 1. The number of aldehydes is 1. The Labute approximate surface area is 104 Å². The second-order valence-corrected chi connectivity index (χ2v) is 3.35. The van der Waals surface area contributed by atoms with Crippen LogP contribution in [0.4, 0.5) is 14.5 Å². The number of nitro benzene ring substituents is 1. The quantitative estimate of drug-likeness (QED) is 0.480. The number of ether oxygens (including phenoxy) is 1. The molecule has 0 radical (unpaired) electrons. The van der Waals surface area contributed by atoms with Crippen LogP contribution in [0, 0.1) is 10.1 Å². The van der Waals surface area contributed by atoms with E-state index >= 15 is 0 Å². The third-order valence-corrected chi connectivity index (χ3v) is 2.07. The van der Waals surface area contributed by atoms with E-state index in [1.54, 1.807) is 0 Å². The fraction of sp³-hybridized carbons (Fsp3) is 0.200. The van der Waals surface area contributed by atoms with Gasteiger partial charge in [0, 0.05) is 6.07 Å². The van der Waals surface area contributed by atoms with Gasteiger partial charge in [0.05, 0.1) is 11.3 Å². The van der Waals surface area contributed by atoms with Crippen molar-refractivity contribution < 1.29 is 33.1 Å². The summed E-state index contributed by atoms with van der Waals surface area (Å²) in [4.78, 5) is 31.0. The molecule has 0 saturated heterocycles. The zero-order chi connectivity index (χ0) is 14.6. The molecule has 7 nitrogen and oxygen atoms in total. The molecule has 0 bridgehead atoms. The molecule has 0 aliphatic carbocycles. The number of carbonyl (C=O) groups is 2. The van der Waals surface area contributed by atoms with Crippen molar-refractivity contribution in [2.24, 2.45) is 0 Å². The van der Waals surface area contributed by atoms with Gasteiger partial charge in [-0.3, -0.25) is 19.7 Å². The van der Waals surface area contributed by atoms with E-state index in [1.807, 2.05) is 0 Å². The lowest BCUT2D eigenvalue weighted by Crippen LogP contribution is -2.08. The Morgan fingerprint density at radius 1 is 1.53 bits per heavy atom. The Morgan fingerprint density at radius 2 is 2.16 bits per heavy atom. The van der Waals surface area contributed by atoms with Crippen LogP contribution in [0.5, 0.6) is 5.75 Å². The van der Waals surface area contributed by atoms with Crippen molar-refractivity contribution in [3.8, 4) is 5.75 Å². The third kappa shape index (κ3) is 3.69. The molecule has 0 aliphatic heterocycles. The van der Waals surface area contributed by atoms with Crippen molar-refractivity contribution in [1.29, 1.82) is 0 Å². The van der Waals surface area contributed by atoms with E-state index in [-0.39, 0.29) is 11.8 Å². The highest BCUT2D eigenvalue weighted by molar-refractivity contribution is 5.86. The first-order valence-electron chi connectivity index (χ1n) is 4.78. The molecular weight excluding hydrogens is 268 g/mol. The van der Waals surface area contributed by atoms with Crippen LogP contribution in [0.25, 0.3) is 0 Å². The summed E-state index contributed by atoms with van der Waals surface area (Å²) in [6.07, 6.45) is -0.625. The molecule has 0 aromatic heterocycles. The maximum atomic E-state index is 12.1. The molecule has 1 N–H and O–H groups in total. The highest BCUT2D eigenvalue weighted by Gasteiger charge is 2.23. The number of aliphatic carboxylic acids is 1. The van der Waals surface area contributed by atoms with E-state index in [0.29, 0.717) is 0 Å². The van der Waals surface area contributed by atoms with Gasteiger partial charge < -0.3 is 9.84 Å². The molecule has 9 heteroatoms. The number of hydrogen-bond donors (Lipinski definition) is 1. The summed E-state index contributed by atoms with van der Waals surface area (Å²) in [5.41, 5.74) is -1.58. The molecule has 102 valence electrons. The number of nitrogens with zero attached hydrogens (tertiary/aromatic N) is 1. The number of alkyl halides is 2. The van der Waals surface area contributed by atoms with Crippen LogP contribution in [0.3, 0.4) is 0 Å². The molecule has 0 fully saturated rings. The zero-order valence-corrected chi connectivity index (χ0v) is 9.21. The monoisotopic (exact) mass is 275 g/mol. The minimum absolute atomic E-state index is 0.000391. The number of carboxylic acids is 1. The zero-order valence-electron chi connectivity index (χ0n) is 9.21. The van der Waals surface area contributed by atoms with E-state index in [1.165, 1.54) is 0 Å². The van der Waals surface area contributed by atoms with Crippen LogP contribution < -0.4 is 4.74 Å². The summed E-state index contributed by atoms with van der Waals surface area (Å²) in [6.45, 7) is -3.29. The van der Waals surface area contributed by atoms with Gasteiger partial charge in [-0.25, -0.2) is 0 Å². The number of carbonyl (C=O) groups excluding carboxylic acids is 1. The molecule has 1 aromatic carbocycles. The first-order valence-corrected chi connectivity index (χ1v) is 4.78. The highest BCUT2D eigenvalue weighted by Crippen LogP contribution is 2.30. The van der Waals surface area contributed by atoms with Gasteiger partial charge in [0.2, 0.25) is 0 Å². The second-order valence-electron chi connectivity index (χ2n) is 3.35. The standard InChI is InChI=1S/C10H7F2NO6/c11-10(12)19-8-2-5(3-9(15)16)1-7(13(17)18)6(8)4-14/h1-2,4,10H,3H2,(H,15,16). The number of halogens is 2. The van der Waals surface area contributed by atoms with Gasteiger partial charge >= 0.3 is 12.6 Å². The summed E-state index contributed by atoms with van der Waals surface area (Å²) in [6, 6.07) is 1.69. The second kappa shape index (κ2) is 5.85. The summed E-state index contributed by atoms with van der Waals surface area (Å²) in [7, 11) is 0. The Morgan fingerprint density at radius 3 is 2.58 bits per heavy atom. The van der Waals surface area contributed by atoms with Crippen molar-refractivity contribution in [2.75, 3.05) is 0 Å². The largest absolute Gasteiger partial charge is 0.481 e. The maximum Gasteiger partial charge on any atom is 0.387 e. The van der Waals surface area contributed by atoms with Crippen molar-refractivity contribution in [2.45, 2.75) is 13.0 Å². The van der Waals surface area contributed by atoms with Gasteiger partial charge in [-0.2, -0.15) is 8.78 Å². The number of hydrogen-bond acceptors (Lipinski definition) is 5. The Hall–Kier alpha value is -2.58. The van der Waals surface area contributed by atoms with E-state index in [0.717, 1.165) is 12.1 Å². The van der Waals surface area contributed by atoms with Crippen molar-refractivity contribution >= 4 is 17.9 Å². The molecule has 0 aliphatic rings. The maximum absolute atomic E-state index is 12.1. The SMILES string of the molecule is O=Cc1c(OC(F)F)cc(CC(=O)O)cc1[N+](=O)[O-]. The first-order chi connectivity index (χ1) is 8.85. The minimum Gasteiger partial charge on any atom is -0.481 e. The Bertz CT molecular complexity index is 531. The summed E-state index contributed by atoms with van der Waals surface area (Å²) in [5.74, 6) is -2.04. The minimum atomic E-state index is -3.29. The molecule has 1 aromatic rings.